The van der Waals surface area contributed by atoms with Crippen molar-refractivity contribution in [2.45, 2.75) is 431 Å². The predicted octanol–water partition coefficient (Wildman–Crippen LogP) is 29.2. The molecule has 584 valence electrons. The second-order valence-corrected chi connectivity index (χ2v) is 32.0. The molecule has 0 aliphatic carbocycles. The number of carbonyl (C=O) groups is 2. The third-order valence-electron chi connectivity index (χ3n) is 19.4. The van der Waals surface area contributed by atoms with Crippen LogP contribution in [0.2, 0.25) is 0 Å². The van der Waals surface area contributed by atoms with E-state index in [0.29, 0.717) is 23.9 Å². The molecule has 0 aliphatic heterocycles. The number of likely N-dealkylation sites (N-methyl/N-ethyl adjacent to an activating group) is 1. The second kappa shape index (κ2) is 80.3. The molecule has 0 bridgehead atoms. The molecule has 1 N–H and O–H groups in total. The Bertz CT molecular complexity index is 1970. The fraction of sp³-hybridized carbons (Fsp3) is 0.822. The fourth-order valence-electron chi connectivity index (χ4n) is 12.8. The molecule has 0 aliphatic rings. The normalized spacial score (nSPS) is 13.4. The third-order valence-corrected chi connectivity index (χ3v) is 20.4. The number of phosphoric acid groups is 1. The highest BCUT2D eigenvalue weighted by Gasteiger charge is 2.27. The zero-order chi connectivity index (χ0) is 72.5. The van der Waals surface area contributed by atoms with Crippen LogP contribution in [0, 0.1) is 0 Å². The maximum atomic E-state index is 12.9. The lowest BCUT2D eigenvalue weighted by Crippen LogP contribution is -2.37. The molecule has 0 amide bonds. The van der Waals surface area contributed by atoms with Gasteiger partial charge in [-0.2, -0.15) is 0 Å². The van der Waals surface area contributed by atoms with Gasteiger partial charge in [0.25, 0.3) is 0 Å². The predicted molar refractivity (Wildman–Crippen MR) is 436 cm³/mol. The van der Waals surface area contributed by atoms with Crippen molar-refractivity contribution in [3.63, 3.8) is 0 Å². The molecule has 10 heteroatoms. The first-order valence-electron chi connectivity index (χ1n) is 43.3. The molecule has 0 saturated carbocycles. The maximum Gasteiger partial charge on any atom is 0.472 e. The maximum absolute atomic E-state index is 12.9. The monoisotopic (exact) mass is 1420 g/mol. The van der Waals surface area contributed by atoms with Gasteiger partial charge in [-0.1, -0.05) is 407 Å². The van der Waals surface area contributed by atoms with E-state index < -0.39 is 26.5 Å². The Kier molecular flexibility index (Phi) is 78.0. The van der Waals surface area contributed by atoms with E-state index in [1.165, 1.54) is 321 Å². The highest BCUT2D eigenvalue weighted by molar-refractivity contribution is 7.47. The number of nitrogens with zero attached hydrogens (tertiary/aromatic N) is 1. The minimum absolute atomic E-state index is 0.0335. The fourth-order valence-corrected chi connectivity index (χ4v) is 13.6. The van der Waals surface area contributed by atoms with Gasteiger partial charge >= 0.3 is 19.8 Å². The average molecular weight is 1420 g/mol. The molecule has 0 aromatic carbocycles. The summed E-state index contributed by atoms with van der Waals surface area (Å²) in [6.07, 6.45) is 112. The SMILES string of the molecule is CC/C=C\C/C=C\C/C=C\C/C=C\CCCCCCCCCCCCCCCCCCCCCCCCCCCCC(=O)OC(COC(=O)CCCCCCCCCCCCCCCCCCCCCCCC/C=C\C/C=C\C/C=C\CCCCCCC)COP(=O)(O)OCC[N+](C)(C)C. The number of rotatable bonds is 81. The lowest BCUT2D eigenvalue weighted by atomic mass is 10.0. The summed E-state index contributed by atoms with van der Waals surface area (Å²) in [4.78, 5) is 36.0. The summed E-state index contributed by atoms with van der Waals surface area (Å²) in [6, 6.07) is 0. The van der Waals surface area contributed by atoms with Gasteiger partial charge in [0.15, 0.2) is 6.10 Å². The van der Waals surface area contributed by atoms with Crippen LogP contribution in [-0.4, -0.2) is 74.9 Å². The molecule has 9 nitrogen and oxygen atoms in total. The lowest BCUT2D eigenvalue weighted by Gasteiger charge is -2.24. The quantitative estimate of drug-likeness (QED) is 0.0211. The number of hydrogen-bond donors (Lipinski definition) is 1. The summed E-state index contributed by atoms with van der Waals surface area (Å²) in [5.41, 5.74) is 0. The Morgan fingerprint density at radius 1 is 0.320 bits per heavy atom. The number of hydrogen-bond acceptors (Lipinski definition) is 7. The van der Waals surface area contributed by atoms with Gasteiger partial charge in [-0.3, -0.25) is 18.6 Å². The van der Waals surface area contributed by atoms with Crippen molar-refractivity contribution >= 4 is 19.8 Å². The first kappa shape index (κ1) is 97.2. The second-order valence-electron chi connectivity index (χ2n) is 30.5. The number of ether oxygens (including phenoxy) is 2. The van der Waals surface area contributed by atoms with Crippen molar-refractivity contribution in [1.82, 2.24) is 0 Å². The Balaban J connectivity index is 3.87. The van der Waals surface area contributed by atoms with E-state index in [2.05, 4.69) is 98.9 Å². The van der Waals surface area contributed by atoms with Crippen molar-refractivity contribution in [2.24, 2.45) is 0 Å². The highest BCUT2D eigenvalue weighted by atomic mass is 31.2. The number of carbonyl (C=O) groups excluding carboxylic acids is 2. The van der Waals surface area contributed by atoms with E-state index in [1.807, 2.05) is 21.1 Å². The smallest absolute Gasteiger partial charge is 0.462 e. The van der Waals surface area contributed by atoms with Crippen molar-refractivity contribution in [1.29, 1.82) is 0 Å². The standard InChI is InChI=1S/C90H166NO8P/c1-6-8-10-12-14-16-18-20-22-24-26-28-30-32-34-36-38-40-42-44-45-47-49-51-53-55-57-59-61-63-65-67-69-71-73-75-77-79-81-83-90(93)99-88(87-98-100(94,95)97-85-84-91(3,4)5)86-96-89(92)82-80-78-76-74-72-70-68-66-64-62-60-58-56-54-52-50-48-46-43-41-39-37-35-33-31-29-27-25-23-21-19-17-15-13-11-9-7-2/h8,10,14,16,19-22,25-28,31,33,88H,6-7,9,11-13,15,17-18,23-24,29-30,32,34-87H2,1-5H3/p+1/b10-8-,16-14-,21-19-,22-20-,27-25-,28-26-,33-31-. The van der Waals surface area contributed by atoms with Gasteiger partial charge in [-0.25, -0.2) is 4.57 Å². The Morgan fingerprint density at radius 2 is 0.570 bits per heavy atom. The van der Waals surface area contributed by atoms with Crippen molar-refractivity contribution < 1.29 is 42.1 Å². The van der Waals surface area contributed by atoms with Gasteiger partial charge < -0.3 is 18.9 Å². The molecular formula is C90H167NO8P+. The van der Waals surface area contributed by atoms with Crippen LogP contribution in [-0.2, 0) is 32.7 Å². The van der Waals surface area contributed by atoms with Gasteiger partial charge in [0.05, 0.1) is 27.7 Å². The van der Waals surface area contributed by atoms with E-state index in [1.54, 1.807) is 0 Å². The van der Waals surface area contributed by atoms with E-state index in [9.17, 15) is 19.0 Å². The summed E-state index contributed by atoms with van der Waals surface area (Å²) in [5.74, 6) is -0.774. The minimum Gasteiger partial charge on any atom is -0.462 e. The Morgan fingerprint density at radius 3 is 0.850 bits per heavy atom. The van der Waals surface area contributed by atoms with Gasteiger partial charge in [0, 0.05) is 12.8 Å². The van der Waals surface area contributed by atoms with Crippen molar-refractivity contribution in [3.8, 4) is 0 Å². The Labute approximate surface area is 621 Å². The zero-order valence-corrected chi connectivity index (χ0v) is 67.8. The van der Waals surface area contributed by atoms with Crippen LogP contribution in [0.1, 0.15) is 425 Å². The number of unbranched alkanes of at least 4 members (excludes halogenated alkanes) is 53. The minimum atomic E-state index is -4.40. The first-order valence-corrected chi connectivity index (χ1v) is 44.8. The van der Waals surface area contributed by atoms with Crippen LogP contribution < -0.4 is 0 Å². The summed E-state index contributed by atoms with van der Waals surface area (Å²) in [5, 5.41) is 0. The number of allylic oxidation sites excluding steroid dienone is 14. The number of phosphoric ester groups is 1. The van der Waals surface area contributed by atoms with Crippen molar-refractivity contribution in [3.05, 3.63) is 85.1 Å². The molecule has 0 heterocycles. The first-order chi connectivity index (χ1) is 49.0. The molecule has 0 saturated heterocycles. The summed E-state index contributed by atoms with van der Waals surface area (Å²) in [6.45, 7) is 4.38. The van der Waals surface area contributed by atoms with Crippen LogP contribution in [0.15, 0.2) is 85.1 Å². The molecule has 0 radical (unpaired) electrons. The van der Waals surface area contributed by atoms with Gasteiger partial charge in [0.1, 0.15) is 19.8 Å². The third kappa shape index (κ3) is 84.1. The van der Waals surface area contributed by atoms with Crippen LogP contribution in [0.4, 0.5) is 0 Å². The van der Waals surface area contributed by atoms with Crippen LogP contribution in [0.25, 0.3) is 0 Å². The average Bonchev–Trinajstić information content (AvgIpc) is 1.07. The lowest BCUT2D eigenvalue weighted by molar-refractivity contribution is -0.870. The number of esters is 2. The van der Waals surface area contributed by atoms with Crippen molar-refractivity contribution in [2.75, 3.05) is 47.5 Å². The molecule has 2 unspecified atom stereocenters. The topological polar surface area (TPSA) is 108 Å². The van der Waals surface area contributed by atoms with Crippen LogP contribution in [0.3, 0.4) is 0 Å². The molecule has 2 atom stereocenters. The molecule has 0 fully saturated rings. The molecule has 0 rings (SSSR count). The van der Waals surface area contributed by atoms with Gasteiger partial charge in [-0.05, 0) is 89.9 Å². The molecule has 0 aromatic rings. The number of quaternary nitrogens is 1. The summed E-state index contributed by atoms with van der Waals surface area (Å²) < 4.78 is 34.9. The van der Waals surface area contributed by atoms with Crippen LogP contribution >= 0.6 is 7.82 Å². The van der Waals surface area contributed by atoms with Gasteiger partial charge in [-0.15, -0.1) is 0 Å². The zero-order valence-electron chi connectivity index (χ0n) is 66.9. The Hall–Kier alpha value is -2.81. The molecule has 0 spiro atoms. The van der Waals surface area contributed by atoms with Gasteiger partial charge in [0.2, 0.25) is 0 Å². The highest BCUT2D eigenvalue weighted by Crippen LogP contribution is 2.43. The van der Waals surface area contributed by atoms with E-state index >= 15 is 0 Å². The van der Waals surface area contributed by atoms with E-state index in [4.69, 9.17) is 18.5 Å². The van der Waals surface area contributed by atoms with E-state index in [-0.39, 0.29) is 25.6 Å². The van der Waals surface area contributed by atoms with E-state index in [0.717, 1.165) is 70.6 Å². The molecule has 0 aromatic heterocycles. The molecule has 100 heavy (non-hydrogen) atoms. The largest absolute Gasteiger partial charge is 0.472 e. The summed E-state index contributed by atoms with van der Waals surface area (Å²) in [7, 11) is 1.50. The summed E-state index contributed by atoms with van der Waals surface area (Å²) >= 11 is 0. The molecular weight excluding hydrogens is 1250 g/mol. The van der Waals surface area contributed by atoms with Crippen LogP contribution in [0.5, 0.6) is 0 Å².